The largest absolute Gasteiger partial charge is 0.378 e. The van der Waals surface area contributed by atoms with Gasteiger partial charge < -0.3 is 14.7 Å². The number of anilines is 3. The summed E-state index contributed by atoms with van der Waals surface area (Å²) in [6, 6.07) is 26.3. The van der Waals surface area contributed by atoms with Crippen molar-refractivity contribution in [3.05, 3.63) is 138 Å². The summed E-state index contributed by atoms with van der Waals surface area (Å²) in [4.78, 5) is 10.9. The topological polar surface area (TPSA) is 22.1 Å². The molecule has 0 atom stereocenters. The van der Waals surface area contributed by atoms with E-state index in [0.29, 0.717) is 0 Å². The van der Waals surface area contributed by atoms with E-state index in [1.165, 1.54) is 44.9 Å². The fourth-order valence-electron chi connectivity index (χ4n) is 4.71. The van der Waals surface area contributed by atoms with Crippen molar-refractivity contribution in [2.75, 3.05) is 63.5 Å². The van der Waals surface area contributed by atoms with Crippen molar-refractivity contribution in [3.8, 4) is 0 Å². The van der Waals surface area contributed by atoms with Crippen molar-refractivity contribution >= 4 is 33.9 Å². The highest BCUT2D eigenvalue weighted by atomic mass is 15.1. The van der Waals surface area contributed by atoms with Crippen LogP contribution in [0.3, 0.4) is 0 Å². The summed E-state index contributed by atoms with van der Waals surface area (Å²) in [6.07, 6.45) is 15.1. The van der Waals surface area contributed by atoms with Gasteiger partial charge in [-0.25, -0.2) is 0 Å². The fraction of sp³-hybridized carbons (Fsp3) is 0.256. The number of allylic oxidation sites excluding steroid dienone is 9. The second-order valence-corrected chi connectivity index (χ2v) is 10.7. The molecule has 0 saturated carbocycles. The van der Waals surface area contributed by atoms with Crippen LogP contribution in [0.4, 0.5) is 17.1 Å². The van der Waals surface area contributed by atoms with Gasteiger partial charge >= 0.3 is 0 Å². The minimum Gasteiger partial charge on any atom is -0.378 e. The highest BCUT2D eigenvalue weighted by Crippen LogP contribution is 2.29. The Morgan fingerprint density at radius 1 is 0.581 bits per heavy atom. The van der Waals surface area contributed by atoms with Gasteiger partial charge in [-0.1, -0.05) is 80.6 Å². The highest BCUT2D eigenvalue weighted by Gasteiger charge is 2.09. The van der Waals surface area contributed by atoms with Crippen molar-refractivity contribution in [2.24, 2.45) is 4.99 Å². The lowest BCUT2D eigenvalue weighted by molar-refractivity contribution is 1.13. The molecule has 3 aromatic rings. The lowest BCUT2D eigenvalue weighted by Crippen LogP contribution is -2.08. The maximum absolute atomic E-state index is 4.55. The van der Waals surface area contributed by atoms with Gasteiger partial charge in [0.1, 0.15) is 0 Å². The van der Waals surface area contributed by atoms with Gasteiger partial charge in [0.05, 0.1) is 5.71 Å². The normalized spacial score (nSPS) is 12.0. The Bertz CT molecular complexity index is 1420. The minimum atomic E-state index is 0.778. The van der Waals surface area contributed by atoms with Gasteiger partial charge in [0.15, 0.2) is 0 Å². The quantitative estimate of drug-likeness (QED) is 0.239. The predicted octanol–water partition coefficient (Wildman–Crippen LogP) is 8.94. The SMILES string of the molecule is CC.CCN=C1C=CC(=C(C=CC=C(c2ccc(N(C)C)cc2)c2ccc(N(C)C)cc2)c2ccc(N(C)C)cc2)C=C1. The predicted molar refractivity (Wildman–Crippen MR) is 193 cm³/mol. The third kappa shape index (κ3) is 8.96. The van der Waals surface area contributed by atoms with Crippen LogP contribution in [-0.4, -0.2) is 54.5 Å². The second-order valence-electron chi connectivity index (χ2n) is 10.7. The third-order valence-electron chi connectivity index (χ3n) is 7.13. The molecule has 0 spiro atoms. The molecule has 0 N–H and O–H groups in total. The van der Waals surface area contributed by atoms with E-state index in [1.54, 1.807) is 0 Å². The first-order valence-corrected chi connectivity index (χ1v) is 15.1. The van der Waals surface area contributed by atoms with Gasteiger partial charge in [-0.2, -0.15) is 0 Å². The van der Waals surface area contributed by atoms with Crippen LogP contribution in [0.25, 0.3) is 11.1 Å². The van der Waals surface area contributed by atoms with Crippen LogP contribution in [-0.2, 0) is 0 Å². The molecule has 0 radical (unpaired) electrons. The van der Waals surface area contributed by atoms with Crippen LogP contribution in [0.1, 0.15) is 37.5 Å². The monoisotopic (exact) mass is 572 g/mol. The van der Waals surface area contributed by atoms with E-state index in [2.05, 4.69) is 184 Å². The Morgan fingerprint density at radius 2 is 0.977 bits per heavy atom. The number of hydrogen-bond donors (Lipinski definition) is 0. The molecule has 0 saturated heterocycles. The molecule has 0 bridgehead atoms. The number of rotatable bonds is 9. The minimum absolute atomic E-state index is 0.778. The summed E-state index contributed by atoms with van der Waals surface area (Å²) in [7, 11) is 12.4. The number of benzene rings is 3. The first-order valence-electron chi connectivity index (χ1n) is 15.1. The van der Waals surface area contributed by atoms with E-state index in [0.717, 1.165) is 17.8 Å². The Balaban J connectivity index is 0.00000248. The molecular formula is C39H48N4. The van der Waals surface area contributed by atoms with Crippen LogP contribution in [0.15, 0.2) is 126 Å². The zero-order valence-corrected chi connectivity index (χ0v) is 27.5. The molecule has 0 heterocycles. The molecule has 4 nitrogen and oxygen atoms in total. The van der Waals surface area contributed by atoms with Gasteiger partial charge in [0.2, 0.25) is 0 Å². The lowest BCUT2D eigenvalue weighted by atomic mass is 9.94. The van der Waals surface area contributed by atoms with Crippen molar-refractivity contribution in [1.82, 2.24) is 0 Å². The maximum Gasteiger partial charge on any atom is 0.0574 e. The average molecular weight is 573 g/mol. The average Bonchev–Trinajstić information content (AvgIpc) is 3.03. The Hall–Kier alpha value is -4.57. The standard InChI is InChI=1S/C37H42N4.C2H6/c1-8-38-32-20-12-28(13-21-32)36(29-14-22-33(23-15-29)39(2)3)10-9-11-37(30-16-24-34(25-17-30)40(4)5)31-18-26-35(27-19-31)41(6)7;1-2/h9-27H,8H2,1-7H3;1-2H3. The fourth-order valence-corrected chi connectivity index (χ4v) is 4.71. The van der Waals surface area contributed by atoms with Gasteiger partial charge in [-0.3, -0.25) is 4.99 Å². The zero-order chi connectivity index (χ0) is 31.4. The van der Waals surface area contributed by atoms with Crippen LogP contribution in [0.2, 0.25) is 0 Å². The highest BCUT2D eigenvalue weighted by molar-refractivity contribution is 6.07. The van der Waals surface area contributed by atoms with Crippen LogP contribution in [0.5, 0.6) is 0 Å². The molecule has 4 rings (SSSR count). The van der Waals surface area contributed by atoms with Gasteiger partial charge in [-0.15, -0.1) is 0 Å². The van der Waals surface area contributed by atoms with Crippen LogP contribution in [0, 0.1) is 0 Å². The molecule has 0 aliphatic heterocycles. The first-order chi connectivity index (χ1) is 20.8. The van der Waals surface area contributed by atoms with E-state index in [1.807, 2.05) is 13.8 Å². The summed E-state index contributed by atoms with van der Waals surface area (Å²) >= 11 is 0. The van der Waals surface area contributed by atoms with Crippen LogP contribution < -0.4 is 14.7 Å². The maximum atomic E-state index is 4.55. The number of aliphatic imine (C=N–C) groups is 1. The van der Waals surface area contributed by atoms with Crippen molar-refractivity contribution in [2.45, 2.75) is 20.8 Å². The summed E-state index contributed by atoms with van der Waals surface area (Å²) < 4.78 is 0. The molecule has 4 heteroatoms. The molecule has 0 unspecified atom stereocenters. The van der Waals surface area contributed by atoms with Gasteiger partial charge in [0, 0.05) is 65.9 Å². The van der Waals surface area contributed by atoms with Crippen molar-refractivity contribution in [1.29, 1.82) is 0 Å². The van der Waals surface area contributed by atoms with E-state index in [-0.39, 0.29) is 0 Å². The molecule has 1 aliphatic carbocycles. The van der Waals surface area contributed by atoms with E-state index in [9.17, 15) is 0 Å². The molecule has 0 amide bonds. The second kappa shape index (κ2) is 16.2. The van der Waals surface area contributed by atoms with Gasteiger partial charge in [-0.05, 0) is 88.9 Å². The summed E-state index contributed by atoms with van der Waals surface area (Å²) in [6.45, 7) is 6.84. The molecular weight excluding hydrogens is 524 g/mol. The summed E-state index contributed by atoms with van der Waals surface area (Å²) in [5.41, 5.74) is 11.6. The van der Waals surface area contributed by atoms with Crippen molar-refractivity contribution in [3.63, 3.8) is 0 Å². The van der Waals surface area contributed by atoms with E-state index in [4.69, 9.17) is 0 Å². The molecule has 43 heavy (non-hydrogen) atoms. The Morgan fingerprint density at radius 3 is 1.35 bits per heavy atom. The molecule has 1 aliphatic rings. The van der Waals surface area contributed by atoms with E-state index < -0.39 is 0 Å². The molecule has 0 aromatic heterocycles. The number of hydrogen-bond acceptors (Lipinski definition) is 4. The van der Waals surface area contributed by atoms with E-state index >= 15 is 0 Å². The van der Waals surface area contributed by atoms with Crippen molar-refractivity contribution < 1.29 is 0 Å². The summed E-state index contributed by atoms with van der Waals surface area (Å²) in [5, 5.41) is 0. The smallest absolute Gasteiger partial charge is 0.0574 e. The number of nitrogens with zero attached hydrogens (tertiary/aromatic N) is 4. The van der Waals surface area contributed by atoms with Crippen LogP contribution >= 0.6 is 0 Å². The Labute approximate surface area is 260 Å². The molecule has 3 aromatic carbocycles. The third-order valence-corrected chi connectivity index (χ3v) is 7.13. The first kappa shape index (κ1) is 32.9. The lowest BCUT2D eigenvalue weighted by Gasteiger charge is -2.16. The van der Waals surface area contributed by atoms with Gasteiger partial charge in [0.25, 0.3) is 0 Å². The molecule has 0 fully saturated rings. The molecule has 224 valence electrons. The zero-order valence-electron chi connectivity index (χ0n) is 27.5. The Kier molecular flexibility index (Phi) is 12.4. The summed E-state index contributed by atoms with van der Waals surface area (Å²) in [5.74, 6) is 0.